The predicted octanol–water partition coefficient (Wildman–Crippen LogP) is 1.34. The van der Waals surface area contributed by atoms with E-state index in [9.17, 15) is 0 Å². The van der Waals surface area contributed by atoms with E-state index < -0.39 is 15.2 Å². The Balaban J connectivity index is -0.0000000386. The molecule has 0 aliphatic rings. The Kier molecular flexibility index (Phi) is 43.7. The van der Waals surface area contributed by atoms with Crippen molar-refractivity contribution < 1.29 is 51.4 Å². The van der Waals surface area contributed by atoms with Crippen LogP contribution >= 0.6 is 0 Å². The van der Waals surface area contributed by atoms with Gasteiger partial charge < -0.3 is 8.55 Å². The summed E-state index contributed by atoms with van der Waals surface area (Å²) >= 11 is 0. The van der Waals surface area contributed by atoms with Crippen LogP contribution < -0.4 is 51.4 Å². The topological polar surface area (TPSA) is 0 Å². The Morgan fingerprint density at radius 1 is 0.600 bits per heavy atom. The summed E-state index contributed by atoms with van der Waals surface area (Å²) in [4.78, 5) is 0. The summed E-state index contributed by atoms with van der Waals surface area (Å²) in [6.07, 6.45) is 0. The Morgan fingerprint density at radius 3 is 0.700 bits per heavy atom. The Hall–Kier alpha value is 4.90. The summed E-state index contributed by atoms with van der Waals surface area (Å²) in [5, 5.41) is 0. The maximum Gasteiger partial charge on any atom is 1.00 e. The smallest absolute Gasteiger partial charge is 0.426 e. The van der Waals surface area contributed by atoms with Crippen LogP contribution in [0.4, 0.5) is 0 Å². The van der Waals surface area contributed by atoms with Gasteiger partial charge in [0.1, 0.15) is 0 Å². The molecule has 8 radical (unpaired) electrons. The Bertz CT molecular complexity index is 145. The van der Waals surface area contributed by atoms with Gasteiger partial charge in [0.25, 0.3) is 0 Å². The van der Waals surface area contributed by atoms with Crippen molar-refractivity contribution in [3.63, 3.8) is 0 Å². The number of hydrogen-bond donors (Lipinski definition) is 0. The van der Waals surface area contributed by atoms with E-state index in [1.54, 1.807) is 0 Å². The summed E-state index contributed by atoms with van der Waals surface area (Å²) in [5.41, 5.74) is 0. The largest absolute Gasteiger partial charge is 1.00 e. The van der Waals surface area contributed by atoms with Crippen LogP contribution in [0.25, 0.3) is 0 Å². The van der Waals surface area contributed by atoms with E-state index in [1.165, 1.54) is 8.55 Å². The number of hydrogen-bond acceptors (Lipinski definition) is 0. The molecule has 0 atom stereocenters. The van der Waals surface area contributed by atoms with Gasteiger partial charge in [-0.3, -0.25) is 0 Å². The van der Waals surface area contributed by atoms with Crippen LogP contribution in [0.15, 0.2) is 0 Å². The molecule has 0 fully saturated rings. The fourth-order valence-electron chi connectivity index (χ4n) is 1.12. The van der Waals surface area contributed by atoms with Gasteiger partial charge in [0.15, 0.2) is 0 Å². The first kappa shape index (κ1) is 39.8. The number of rotatable bonds is 2. The van der Waals surface area contributed by atoms with Gasteiger partial charge in [-0.1, -0.05) is 39.3 Å². The summed E-state index contributed by atoms with van der Waals surface area (Å²) < 4.78 is 0. The fraction of sp³-hybridized carbons (Fsp3) is 1.00. The molecule has 0 aromatic rings. The summed E-state index contributed by atoms with van der Waals surface area (Å²) in [6, 6.07) is 0. The molecule has 0 aliphatic carbocycles. The molecule has 110 valence electrons. The first-order valence-corrected chi connectivity index (χ1v) is 22.5. The van der Waals surface area contributed by atoms with Crippen LogP contribution in [0.3, 0.4) is 0 Å². The first-order chi connectivity index (χ1) is 7.17. The summed E-state index contributed by atoms with van der Waals surface area (Å²) in [5.74, 6) is 0. The van der Waals surface area contributed by atoms with Crippen molar-refractivity contribution in [1.82, 2.24) is 0 Å². The second kappa shape index (κ2) is 21.9. The van der Waals surface area contributed by atoms with E-state index >= 15 is 0 Å². The Morgan fingerprint density at radius 2 is 0.700 bits per heavy atom. The molecule has 0 saturated carbocycles. The molecular weight excluding hydrogens is 435 g/mol. The monoisotopic (exact) mass is 472 g/mol. The van der Waals surface area contributed by atoms with Gasteiger partial charge in [0, 0.05) is 86.6 Å². The minimum Gasteiger partial charge on any atom is -0.426 e. The van der Waals surface area contributed by atoms with Crippen molar-refractivity contribution in [2.24, 2.45) is 0 Å². The molecular formula is C12H36GeK2Si5. The molecule has 0 spiro atoms. The maximum absolute atomic E-state index is 2.48. The zero-order valence-electron chi connectivity index (χ0n) is 17.0. The zero-order valence-corrected chi connectivity index (χ0v) is 30.3. The molecule has 0 unspecified atom stereocenters. The van der Waals surface area contributed by atoms with E-state index in [1.807, 2.05) is 0 Å². The van der Waals surface area contributed by atoms with Crippen LogP contribution in [0.2, 0.25) is 78.6 Å². The second-order valence-electron chi connectivity index (χ2n) is 7.62. The van der Waals surface area contributed by atoms with Gasteiger partial charge >= 0.3 is 51.4 Å². The fourth-order valence-corrected chi connectivity index (χ4v) is 30.4. The molecule has 0 bridgehead atoms. The molecule has 0 N–H and O–H groups in total. The minimum absolute atomic E-state index is 0. The quantitative estimate of drug-likeness (QED) is 0.534. The third-order valence-electron chi connectivity index (χ3n) is 0.750. The van der Waals surface area contributed by atoms with Crippen molar-refractivity contribution in [3.8, 4) is 0 Å². The van der Waals surface area contributed by atoms with Gasteiger partial charge in [0.05, 0.1) is 0 Å². The molecule has 0 nitrogen and oxygen atoms in total. The van der Waals surface area contributed by atoms with E-state index in [0.717, 1.165) is 0 Å². The summed E-state index contributed by atoms with van der Waals surface area (Å²) in [7, 11) is 0.163. The SMILES string of the molecule is C[Si](C)(C)[Si-][Si](C)(C)C.C[Si](C)C.C[Si](C)C.[Ge].[K+].[K]. The average molecular weight is 472 g/mol. The normalized spacial score (nSPS) is 9.90. The molecule has 0 heterocycles. The van der Waals surface area contributed by atoms with Crippen LogP contribution in [0, 0.1) is 0 Å². The molecule has 0 aromatic heterocycles. The van der Waals surface area contributed by atoms with Crippen LogP contribution in [-0.2, 0) is 0 Å². The molecule has 0 aliphatic heterocycles. The van der Waals surface area contributed by atoms with Crippen molar-refractivity contribution in [1.29, 1.82) is 0 Å². The molecule has 0 aromatic carbocycles. The van der Waals surface area contributed by atoms with Gasteiger partial charge in [-0.25, -0.2) is 0 Å². The van der Waals surface area contributed by atoms with Crippen LogP contribution in [0.5, 0.6) is 0 Å². The zero-order chi connectivity index (χ0) is 14.9. The average Bonchev–Trinajstić information content (AvgIpc) is 1.70. The molecule has 8 heteroatoms. The van der Waals surface area contributed by atoms with E-state index in [-0.39, 0.29) is 138 Å². The van der Waals surface area contributed by atoms with E-state index in [4.69, 9.17) is 0 Å². The van der Waals surface area contributed by atoms with Gasteiger partial charge in [-0.05, 0) is 0 Å². The predicted molar refractivity (Wildman–Crippen MR) is 111 cm³/mol. The minimum atomic E-state index is -0.703. The molecule has 20 heavy (non-hydrogen) atoms. The third-order valence-corrected chi connectivity index (χ3v) is 20.2. The van der Waals surface area contributed by atoms with Gasteiger partial charge in [0.2, 0.25) is 0 Å². The second-order valence-corrected chi connectivity index (χ2v) is 34.9. The van der Waals surface area contributed by atoms with Crippen LogP contribution in [-0.4, -0.2) is 110 Å². The van der Waals surface area contributed by atoms with E-state index in [0.29, 0.717) is 0 Å². The van der Waals surface area contributed by atoms with Crippen molar-refractivity contribution >= 4 is 110 Å². The molecule has 0 saturated heterocycles. The molecule has 0 rings (SSSR count). The maximum atomic E-state index is 2.48. The molecule has 0 amide bonds. The first-order valence-electron chi connectivity index (χ1n) is 6.50. The van der Waals surface area contributed by atoms with Gasteiger partial charge in [-0.15, -0.1) is 54.5 Å². The van der Waals surface area contributed by atoms with Crippen molar-refractivity contribution in [2.75, 3.05) is 0 Å². The standard InChI is InChI=1S/C6H18Si3.2C3H9Si.Ge.2K/c1-8(2,3)7-9(4,5)6;2*1-4(2)3;;;/h1-6H3;2*1-3H3;;;/q-1;;;;;+1. The van der Waals surface area contributed by atoms with Crippen molar-refractivity contribution in [2.45, 2.75) is 78.6 Å². The van der Waals surface area contributed by atoms with Crippen molar-refractivity contribution in [3.05, 3.63) is 0 Å². The van der Waals surface area contributed by atoms with E-state index in [2.05, 4.69) is 78.6 Å². The van der Waals surface area contributed by atoms with Crippen LogP contribution in [0.1, 0.15) is 0 Å². The Labute approximate surface area is 235 Å². The van der Waals surface area contributed by atoms with Gasteiger partial charge in [-0.2, -0.15) is 0 Å². The summed E-state index contributed by atoms with van der Waals surface area (Å²) in [6.45, 7) is 28.5. The third kappa shape index (κ3) is 92.4.